The molecule has 0 aromatic heterocycles. The first-order valence-electron chi connectivity index (χ1n) is 12.5. The average molecular weight is 601 g/mol. The zero-order valence-electron chi connectivity index (χ0n) is 21.6. The summed E-state index contributed by atoms with van der Waals surface area (Å²) in [4.78, 5) is 26.8. The lowest BCUT2D eigenvalue weighted by Gasteiger charge is -2.25. The van der Waals surface area contributed by atoms with E-state index in [9.17, 15) is 45.3 Å². The normalized spacial score (nSPS) is 12.4. The fourth-order valence-corrected chi connectivity index (χ4v) is 7.00. The number of aliphatic hydroxyl groups excluding tert-OH is 1. The molecule has 8 aromatic rings. The van der Waals surface area contributed by atoms with E-state index in [2.05, 4.69) is 0 Å². The predicted molar refractivity (Wildman–Crippen MR) is 157 cm³/mol. The molecule has 0 unspecified atom stereocenters. The van der Waals surface area contributed by atoms with Crippen molar-refractivity contribution in [2.75, 3.05) is 0 Å². The van der Waals surface area contributed by atoms with Crippen molar-refractivity contribution in [3.8, 4) is 34.5 Å². The summed E-state index contributed by atoms with van der Waals surface area (Å²) in [5.74, 6) is -3.05. The summed E-state index contributed by atoms with van der Waals surface area (Å²) in [7, 11) is 0. The summed E-state index contributed by atoms with van der Waals surface area (Å²) in [6.07, 6.45) is 0. The van der Waals surface area contributed by atoms with E-state index in [1.807, 2.05) is 0 Å². The van der Waals surface area contributed by atoms with Crippen molar-refractivity contribution in [1.82, 2.24) is 0 Å². The molecule has 0 aliphatic heterocycles. The van der Waals surface area contributed by atoms with Crippen LogP contribution >= 0.6 is 0 Å². The van der Waals surface area contributed by atoms with Gasteiger partial charge in [0.15, 0.2) is 10.9 Å². The molecule has 0 atom stereocenters. The SMILES string of the molecule is Cc1cc(=O)c2c(O)c3c(O)cc(O)c4c5c(O)cc(O)c6c(O)c7c(=O)cc(CO)c8c1c2c(c34)c(c65)c78.O=S([O-])[O-]. The van der Waals surface area contributed by atoms with Gasteiger partial charge in [-0.2, -0.15) is 0 Å². The molecule has 8 rings (SSSR count). The Hall–Kier alpha value is -5.21. The molecule has 0 aliphatic carbocycles. The van der Waals surface area contributed by atoms with Gasteiger partial charge in [-0.15, -0.1) is 11.4 Å². The first kappa shape index (κ1) is 26.7. The van der Waals surface area contributed by atoms with Crippen LogP contribution in [0, 0.1) is 6.92 Å². The lowest BCUT2D eigenvalue weighted by Crippen LogP contribution is -2.09. The van der Waals surface area contributed by atoms with Crippen LogP contribution in [0.4, 0.5) is 0 Å². The Bertz CT molecular complexity index is 2640. The minimum atomic E-state index is -3.11. The predicted octanol–water partition coefficient (Wildman–Crippen LogP) is 3.26. The number of benzene rings is 8. The maximum atomic E-state index is 13.4. The Balaban J connectivity index is 0.000000709. The molecule has 0 spiro atoms. The summed E-state index contributed by atoms with van der Waals surface area (Å²) in [5.41, 5.74) is -0.481. The van der Waals surface area contributed by atoms with Crippen LogP contribution in [0.3, 0.4) is 0 Å². The van der Waals surface area contributed by atoms with E-state index in [4.69, 9.17) is 13.3 Å². The third-order valence-corrected chi connectivity index (χ3v) is 8.30. The first-order valence-corrected chi connectivity index (χ1v) is 13.5. The average Bonchev–Trinajstić information content (AvgIpc) is 2.90. The van der Waals surface area contributed by atoms with Gasteiger partial charge in [0.25, 0.3) is 0 Å². The van der Waals surface area contributed by atoms with E-state index in [1.54, 1.807) is 6.92 Å². The summed E-state index contributed by atoms with van der Waals surface area (Å²) in [6.45, 7) is 1.11. The molecule has 216 valence electrons. The van der Waals surface area contributed by atoms with Crippen molar-refractivity contribution in [3.63, 3.8) is 0 Å². The third-order valence-electron chi connectivity index (χ3n) is 8.30. The van der Waals surface area contributed by atoms with Crippen LogP contribution in [0.15, 0.2) is 33.9 Å². The zero-order chi connectivity index (χ0) is 31.0. The molecule has 0 radical (unpaired) electrons. The Labute approximate surface area is 239 Å². The number of fused-ring (bicyclic) bond motifs is 2. The molecule has 8 aromatic carbocycles. The highest BCUT2D eigenvalue weighted by Gasteiger charge is 2.33. The number of aryl methyl sites for hydroxylation is 1. The largest absolute Gasteiger partial charge is 0.784 e. The van der Waals surface area contributed by atoms with Crippen molar-refractivity contribution in [2.24, 2.45) is 0 Å². The van der Waals surface area contributed by atoms with Gasteiger partial charge in [-0.3, -0.25) is 13.8 Å². The maximum Gasteiger partial charge on any atom is 0.190 e. The molecule has 0 heterocycles. The summed E-state index contributed by atoms with van der Waals surface area (Å²) >= 11 is -3.11. The number of aliphatic hydroxyl groups is 1. The fraction of sp³-hybridized carbons (Fsp3) is 0.0667. The van der Waals surface area contributed by atoms with Crippen LogP contribution in [0.1, 0.15) is 11.1 Å². The smallest absolute Gasteiger partial charge is 0.190 e. The monoisotopic (exact) mass is 600 g/mol. The number of hydrogen-bond donors (Lipinski definition) is 7. The molecule has 0 amide bonds. The number of aromatic hydroxyl groups is 6. The first-order chi connectivity index (χ1) is 20.3. The minimum Gasteiger partial charge on any atom is -0.784 e. The molecule has 0 aliphatic rings. The molecular formula is C30H16O12S-2. The summed E-state index contributed by atoms with van der Waals surface area (Å²) in [5, 5.41) is 78.7. The van der Waals surface area contributed by atoms with Crippen LogP contribution in [-0.2, 0) is 18.0 Å². The van der Waals surface area contributed by atoms with Gasteiger partial charge in [0.05, 0.1) is 28.2 Å². The van der Waals surface area contributed by atoms with Crippen molar-refractivity contribution >= 4 is 86.8 Å². The highest BCUT2D eigenvalue weighted by atomic mass is 32.2. The summed E-state index contributed by atoms with van der Waals surface area (Å²) in [6, 6.07) is 4.45. The highest BCUT2D eigenvalue weighted by molar-refractivity contribution is 7.72. The minimum absolute atomic E-state index is 0.00463. The van der Waals surface area contributed by atoms with Gasteiger partial charge in [-0.1, -0.05) is 0 Å². The van der Waals surface area contributed by atoms with Gasteiger partial charge in [0.1, 0.15) is 34.5 Å². The second kappa shape index (κ2) is 8.42. The quantitative estimate of drug-likeness (QED) is 0.0816. The van der Waals surface area contributed by atoms with Gasteiger partial charge in [-0.05, 0) is 41.0 Å². The third kappa shape index (κ3) is 3.05. The van der Waals surface area contributed by atoms with Crippen molar-refractivity contribution in [1.29, 1.82) is 0 Å². The Morgan fingerprint density at radius 1 is 0.535 bits per heavy atom. The lowest BCUT2D eigenvalue weighted by molar-refractivity contribution is 0.283. The van der Waals surface area contributed by atoms with Gasteiger partial charge >= 0.3 is 0 Å². The second-order valence-electron chi connectivity index (χ2n) is 10.4. The van der Waals surface area contributed by atoms with E-state index in [-0.39, 0.29) is 70.2 Å². The van der Waals surface area contributed by atoms with Crippen LogP contribution in [0.5, 0.6) is 34.5 Å². The summed E-state index contributed by atoms with van der Waals surface area (Å²) < 4.78 is 25.3. The Morgan fingerprint density at radius 3 is 1.33 bits per heavy atom. The van der Waals surface area contributed by atoms with Gasteiger partial charge < -0.3 is 44.9 Å². The standard InChI is InChI=1S/C30H16O9.H2O3S/c1-7-2-9(32)19-23-15(7)16-8(6-31)3-10(33)20-24(16)28-26-18(12(35)5-14(37)22(26)30(20)39)17-11(34)4-13(36)21(29(19)38)25(17)27(23)28;1-4(2)3/h2-5,31,34-39H,6H2,1H3;(H2,1,2,3)/p-2. The topological polar surface area (TPSA) is 239 Å². The van der Waals surface area contributed by atoms with E-state index >= 15 is 0 Å². The molecule has 0 saturated carbocycles. The maximum absolute atomic E-state index is 13.4. The van der Waals surface area contributed by atoms with E-state index in [1.165, 1.54) is 12.1 Å². The van der Waals surface area contributed by atoms with Crippen molar-refractivity contribution < 1.29 is 49.1 Å². The lowest BCUT2D eigenvalue weighted by atomic mass is 9.77. The molecule has 0 fully saturated rings. The number of phenols is 6. The van der Waals surface area contributed by atoms with Gasteiger partial charge in [-0.25, -0.2) is 0 Å². The molecule has 43 heavy (non-hydrogen) atoms. The highest BCUT2D eigenvalue weighted by Crippen LogP contribution is 2.60. The molecule has 13 heteroatoms. The van der Waals surface area contributed by atoms with Gasteiger partial charge in [0.2, 0.25) is 0 Å². The van der Waals surface area contributed by atoms with E-state index < -0.39 is 63.3 Å². The number of rotatable bonds is 1. The zero-order valence-corrected chi connectivity index (χ0v) is 22.4. The molecular weight excluding hydrogens is 584 g/mol. The van der Waals surface area contributed by atoms with Crippen molar-refractivity contribution in [3.05, 3.63) is 55.8 Å². The van der Waals surface area contributed by atoms with E-state index in [0.29, 0.717) is 16.3 Å². The fourth-order valence-electron chi connectivity index (χ4n) is 7.00. The van der Waals surface area contributed by atoms with Crippen molar-refractivity contribution in [2.45, 2.75) is 13.5 Å². The Morgan fingerprint density at radius 2 is 0.884 bits per heavy atom. The second-order valence-corrected chi connectivity index (χ2v) is 10.8. The van der Waals surface area contributed by atoms with Crippen LogP contribution < -0.4 is 10.9 Å². The van der Waals surface area contributed by atoms with Crippen LogP contribution in [-0.4, -0.2) is 49.1 Å². The van der Waals surface area contributed by atoms with E-state index in [0.717, 1.165) is 12.1 Å². The number of hydrogen-bond acceptors (Lipinski definition) is 12. The molecule has 0 bridgehead atoms. The molecule has 12 nitrogen and oxygen atoms in total. The molecule has 0 saturated heterocycles. The molecule has 7 N–H and O–H groups in total. The van der Waals surface area contributed by atoms with Gasteiger partial charge in [0, 0.05) is 55.2 Å². The number of phenolic OH excluding ortho intramolecular Hbond substituents is 6. The van der Waals surface area contributed by atoms with Crippen LogP contribution in [0.25, 0.3) is 75.4 Å². The Kier molecular flexibility index (Phi) is 5.23. The van der Waals surface area contributed by atoms with Crippen LogP contribution in [0.2, 0.25) is 0 Å².